The van der Waals surface area contributed by atoms with E-state index in [1.807, 2.05) is 31.3 Å². The van der Waals surface area contributed by atoms with Crippen LogP contribution >= 0.6 is 0 Å². The molecule has 1 aromatic rings. The monoisotopic (exact) mass is 308 g/mol. The molecule has 1 unspecified atom stereocenters. The highest BCUT2D eigenvalue weighted by atomic mass is 28.4. The van der Waals surface area contributed by atoms with E-state index in [-0.39, 0.29) is 5.04 Å². The number of benzene rings is 1. The van der Waals surface area contributed by atoms with Gasteiger partial charge in [-0.3, -0.25) is 4.79 Å². The Kier molecular flexibility index (Phi) is 5.47. The summed E-state index contributed by atoms with van der Waals surface area (Å²) in [5, 5.41) is -0.0591. The van der Waals surface area contributed by atoms with Crippen molar-refractivity contribution in [2.75, 3.05) is 7.11 Å². The number of carbonyl (C=O) groups is 2. The highest BCUT2D eigenvalue weighted by molar-refractivity contribution is 6.74. The summed E-state index contributed by atoms with van der Waals surface area (Å²) in [6.45, 7) is 10.4. The summed E-state index contributed by atoms with van der Waals surface area (Å²) in [7, 11) is -0.998. The first-order chi connectivity index (χ1) is 9.60. The van der Waals surface area contributed by atoms with Crippen LogP contribution in [0.15, 0.2) is 30.3 Å². The summed E-state index contributed by atoms with van der Waals surface area (Å²) in [5.41, 5.74) is 0.678. The van der Waals surface area contributed by atoms with Crippen molar-refractivity contribution in [2.45, 2.75) is 45.0 Å². The number of esters is 1. The molecule has 1 rings (SSSR count). The largest absolute Gasteiger partial charge is 0.463 e. The van der Waals surface area contributed by atoms with Crippen molar-refractivity contribution in [3.8, 4) is 0 Å². The molecule has 0 spiro atoms. The molecule has 0 fully saturated rings. The summed E-state index contributed by atoms with van der Waals surface area (Å²) in [6.07, 6.45) is -0.903. The van der Waals surface area contributed by atoms with Crippen LogP contribution in [0.25, 0.3) is 0 Å². The zero-order valence-electron chi connectivity index (χ0n) is 13.6. The third-order valence-electron chi connectivity index (χ3n) is 3.95. The molecule has 5 heteroatoms. The minimum Gasteiger partial charge on any atom is -0.463 e. The Morgan fingerprint density at radius 1 is 1.10 bits per heavy atom. The van der Waals surface area contributed by atoms with E-state index in [9.17, 15) is 9.59 Å². The quantitative estimate of drug-likeness (QED) is 0.474. The van der Waals surface area contributed by atoms with Gasteiger partial charge in [0.15, 0.2) is 8.32 Å². The number of Topliss-reactive ketones (excluding diaryl/α,β-unsaturated/α-hetero) is 1. The molecule has 4 nitrogen and oxygen atoms in total. The van der Waals surface area contributed by atoms with Crippen LogP contribution in [0.1, 0.15) is 32.4 Å². The number of rotatable bonds is 5. The fraction of sp³-hybridized carbons (Fsp3) is 0.500. The zero-order valence-corrected chi connectivity index (χ0v) is 14.6. The molecule has 0 heterocycles. The first kappa shape index (κ1) is 17.6. The van der Waals surface area contributed by atoms with Gasteiger partial charge in [0.2, 0.25) is 0 Å². The lowest BCUT2D eigenvalue weighted by Crippen LogP contribution is -2.44. The highest BCUT2D eigenvalue weighted by Crippen LogP contribution is 2.40. The van der Waals surface area contributed by atoms with Crippen molar-refractivity contribution in [3.63, 3.8) is 0 Å². The molecule has 0 aliphatic carbocycles. The van der Waals surface area contributed by atoms with Gasteiger partial charge in [0.05, 0.1) is 7.11 Å². The molecule has 0 saturated heterocycles. The van der Waals surface area contributed by atoms with Crippen molar-refractivity contribution in [1.29, 1.82) is 0 Å². The second-order valence-corrected chi connectivity index (χ2v) is 11.3. The number of methoxy groups -OCH3 is 1. The first-order valence-corrected chi connectivity index (χ1v) is 9.86. The number of ketones is 1. The Morgan fingerprint density at radius 3 is 2.05 bits per heavy atom. The molecule has 0 aliphatic rings. The maximum atomic E-state index is 12.3. The summed E-state index contributed by atoms with van der Waals surface area (Å²) >= 11 is 0. The normalized spacial score (nSPS) is 13.6. The zero-order chi connectivity index (χ0) is 16.3. The molecular weight excluding hydrogens is 284 g/mol. The standard InChI is InChI=1S/C16H24O4Si/c1-16(2,3)21(5,6)20-14(13(17)15(18)19-4)12-10-8-7-9-11-12/h7-11,14H,1-6H3. The average molecular weight is 308 g/mol. The fourth-order valence-corrected chi connectivity index (χ4v) is 2.77. The Balaban J connectivity index is 3.16. The molecule has 0 aromatic heterocycles. The van der Waals surface area contributed by atoms with Crippen molar-refractivity contribution < 1.29 is 18.8 Å². The molecule has 0 radical (unpaired) electrons. The predicted molar refractivity (Wildman–Crippen MR) is 84.5 cm³/mol. The minimum atomic E-state index is -2.20. The third-order valence-corrected chi connectivity index (χ3v) is 8.38. The van der Waals surface area contributed by atoms with Gasteiger partial charge in [0.25, 0.3) is 5.78 Å². The van der Waals surface area contributed by atoms with Gasteiger partial charge in [-0.1, -0.05) is 51.1 Å². The van der Waals surface area contributed by atoms with Crippen LogP contribution < -0.4 is 0 Å². The van der Waals surface area contributed by atoms with Crippen molar-refractivity contribution >= 4 is 20.1 Å². The molecule has 1 atom stereocenters. The maximum absolute atomic E-state index is 12.3. The van der Waals surface area contributed by atoms with Crippen LogP contribution in [-0.4, -0.2) is 27.2 Å². The molecule has 0 bridgehead atoms. The minimum absolute atomic E-state index is 0.0591. The third kappa shape index (κ3) is 4.25. The second kappa shape index (κ2) is 6.53. The lowest BCUT2D eigenvalue weighted by molar-refractivity contribution is -0.155. The topological polar surface area (TPSA) is 52.6 Å². The van der Waals surface area contributed by atoms with Crippen LogP contribution in [0, 0.1) is 0 Å². The number of hydrogen-bond donors (Lipinski definition) is 0. The lowest BCUT2D eigenvalue weighted by Gasteiger charge is -2.38. The van der Waals surface area contributed by atoms with Crippen molar-refractivity contribution in [1.82, 2.24) is 0 Å². The maximum Gasteiger partial charge on any atom is 0.377 e. The number of carbonyl (C=O) groups excluding carboxylic acids is 2. The van der Waals surface area contributed by atoms with E-state index in [0.29, 0.717) is 5.56 Å². The van der Waals surface area contributed by atoms with Gasteiger partial charge in [-0.05, 0) is 23.7 Å². The van der Waals surface area contributed by atoms with Gasteiger partial charge in [-0.2, -0.15) is 0 Å². The Labute approximate surface area is 127 Å². The van der Waals surface area contributed by atoms with Crippen LogP contribution in [-0.2, 0) is 18.8 Å². The van der Waals surface area contributed by atoms with Gasteiger partial charge in [-0.25, -0.2) is 4.79 Å². The Morgan fingerprint density at radius 2 is 1.62 bits per heavy atom. The van der Waals surface area contributed by atoms with E-state index in [1.54, 1.807) is 12.1 Å². The average Bonchev–Trinajstić information content (AvgIpc) is 2.43. The first-order valence-electron chi connectivity index (χ1n) is 6.95. The van der Waals surface area contributed by atoms with Gasteiger partial charge in [0.1, 0.15) is 6.10 Å². The fourth-order valence-electron chi connectivity index (χ4n) is 1.58. The summed E-state index contributed by atoms with van der Waals surface area (Å²) in [4.78, 5) is 23.9. The van der Waals surface area contributed by atoms with E-state index < -0.39 is 26.2 Å². The summed E-state index contributed by atoms with van der Waals surface area (Å²) in [5.74, 6) is -1.53. The molecule has 0 amide bonds. The molecule has 0 saturated carbocycles. The lowest BCUT2D eigenvalue weighted by atomic mass is 10.1. The molecule has 1 aromatic carbocycles. The van der Waals surface area contributed by atoms with Gasteiger partial charge in [-0.15, -0.1) is 0 Å². The van der Waals surface area contributed by atoms with Crippen LogP contribution in [0.4, 0.5) is 0 Å². The predicted octanol–water partition coefficient (Wildman–Crippen LogP) is 3.49. The van der Waals surface area contributed by atoms with Crippen LogP contribution in [0.3, 0.4) is 0 Å². The van der Waals surface area contributed by atoms with Gasteiger partial charge >= 0.3 is 5.97 Å². The second-order valence-electron chi connectivity index (χ2n) is 6.52. The van der Waals surface area contributed by atoms with E-state index in [2.05, 4.69) is 25.5 Å². The van der Waals surface area contributed by atoms with E-state index in [0.717, 1.165) is 0 Å². The number of hydrogen-bond acceptors (Lipinski definition) is 4. The van der Waals surface area contributed by atoms with Gasteiger partial charge < -0.3 is 9.16 Å². The smallest absolute Gasteiger partial charge is 0.377 e. The van der Waals surface area contributed by atoms with Crippen molar-refractivity contribution in [2.24, 2.45) is 0 Å². The molecule has 0 N–H and O–H groups in total. The summed E-state index contributed by atoms with van der Waals surface area (Å²) in [6, 6.07) is 9.08. The van der Waals surface area contributed by atoms with Crippen LogP contribution in [0.2, 0.25) is 18.1 Å². The van der Waals surface area contributed by atoms with Crippen molar-refractivity contribution in [3.05, 3.63) is 35.9 Å². The summed E-state index contributed by atoms with van der Waals surface area (Å²) < 4.78 is 10.7. The Hall–Kier alpha value is -1.46. The van der Waals surface area contributed by atoms with E-state index in [1.165, 1.54) is 7.11 Å². The SMILES string of the molecule is COC(=O)C(=O)C(O[Si](C)(C)C(C)(C)C)c1ccccc1. The molecule has 21 heavy (non-hydrogen) atoms. The Bertz CT molecular complexity index is 503. The van der Waals surface area contributed by atoms with Crippen LogP contribution in [0.5, 0.6) is 0 Å². The van der Waals surface area contributed by atoms with E-state index in [4.69, 9.17) is 4.43 Å². The molecule has 116 valence electrons. The molecular formula is C16H24O4Si. The van der Waals surface area contributed by atoms with Gasteiger partial charge in [0, 0.05) is 0 Å². The number of ether oxygens (including phenoxy) is 1. The van der Waals surface area contributed by atoms with E-state index >= 15 is 0 Å². The molecule has 0 aliphatic heterocycles. The highest BCUT2D eigenvalue weighted by Gasteiger charge is 2.42.